The number of amides is 2. The highest BCUT2D eigenvalue weighted by Gasteiger charge is 2.28. The van der Waals surface area contributed by atoms with Crippen molar-refractivity contribution in [2.45, 2.75) is 19.5 Å². The van der Waals surface area contributed by atoms with Gasteiger partial charge in [-0.3, -0.25) is 14.5 Å². The monoisotopic (exact) mass is 472 g/mol. The fourth-order valence-electron chi connectivity index (χ4n) is 4.19. The molecule has 1 saturated heterocycles. The molecule has 2 amide bonds. The number of anilines is 1. The largest absolute Gasteiger partial charge is 0.333 e. The molecule has 1 heterocycles. The van der Waals surface area contributed by atoms with Gasteiger partial charge in [0.05, 0.1) is 22.3 Å². The maximum atomic E-state index is 12.9. The molecule has 34 heavy (non-hydrogen) atoms. The minimum atomic E-state index is -0.321. The first kappa shape index (κ1) is 23.5. The quantitative estimate of drug-likeness (QED) is 0.578. The van der Waals surface area contributed by atoms with Crippen molar-refractivity contribution in [3.8, 4) is 6.07 Å². The highest BCUT2D eigenvalue weighted by atomic mass is 35.5. The van der Waals surface area contributed by atoms with Crippen LogP contribution in [0.4, 0.5) is 5.69 Å². The van der Waals surface area contributed by atoms with Crippen LogP contribution in [0.25, 0.3) is 0 Å². The van der Waals surface area contributed by atoms with E-state index in [1.54, 1.807) is 30.3 Å². The van der Waals surface area contributed by atoms with Crippen molar-refractivity contribution >= 4 is 29.1 Å². The Balaban J connectivity index is 1.41. The Hall–Kier alpha value is -3.66. The normalized spacial score (nSPS) is 16.0. The van der Waals surface area contributed by atoms with E-state index in [0.29, 0.717) is 40.5 Å². The van der Waals surface area contributed by atoms with Gasteiger partial charge in [-0.05, 0) is 48.9 Å². The fraction of sp³-hybridized carbons (Fsp3) is 0.222. The topological polar surface area (TPSA) is 76.4 Å². The lowest BCUT2D eigenvalue weighted by atomic mass is 10.1. The number of piperazine rings is 1. The molecule has 3 aromatic rings. The Labute approximate surface area is 204 Å². The summed E-state index contributed by atoms with van der Waals surface area (Å²) in [6.07, 6.45) is 0. The Kier molecular flexibility index (Phi) is 7.27. The summed E-state index contributed by atoms with van der Waals surface area (Å²) >= 11 is 6.66. The van der Waals surface area contributed by atoms with E-state index in [1.807, 2.05) is 53.4 Å². The van der Waals surface area contributed by atoms with Gasteiger partial charge in [0.2, 0.25) is 0 Å². The second-order valence-electron chi connectivity index (χ2n) is 8.37. The molecule has 1 aliphatic rings. The lowest BCUT2D eigenvalue weighted by molar-refractivity contribution is 0.0475. The molecule has 6 nitrogen and oxygen atoms in total. The maximum Gasteiger partial charge on any atom is 0.255 e. The highest BCUT2D eigenvalue weighted by molar-refractivity contribution is 6.34. The molecule has 0 saturated carbocycles. The molecule has 1 fully saturated rings. The lowest BCUT2D eigenvalue weighted by Gasteiger charge is -2.40. The molecule has 7 heteroatoms. The third kappa shape index (κ3) is 5.28. The van der Waals surface area contributed by atoms with Crippen LogP contribution in [0.2, 0.25) is 5.02 Å². The predicted octanol–water partition coefficient (Wildman–Crippen LogP) is 4.81. The first-order valence-corrected chi connectivity index (χ1v) is 11.5. The van der Waals surface area contributed by atoms with Crippen molar-refractivity contribution in [1.82, 2.24) is 9.80 Å². The molecule has 0 aliphatic carbocycles. The minimum absolute atomic E-state index is 0.0518. The fourth-order valence-corrected chi connectivity index (χ4v) is 4.42. The van der Waals surface area contributed by atoms with E-state index in [1.165, 1.54) is 0 Å². The number of rotatable bonds is 5. The van der Waals surface area contributed by atoms with Crippen LogP contribution in [-0.2, 0) is 6.54 Å². The van der Waals surface area contributed by atoms with E-state index in [0.717, 1.165) is 18.7 Å². The Morgan fingerprint density at radius 3 is 2.50 bits per heavy atom. The van der Waals surface area contributed by atoms with Gasteiger partial charge in [-0.1, -0.05) is 48.0 Å². The molecule has 1 unspecified atom stereocenters. The Morgan fingerprint density at radius 2 is 1.76 bits per heavy atom. The number of nitrogens with zero attached hydrogens (tertiary/aromatic N) is 3. The van der Waals surface area contributed by atoms with Crippen LogP contribution >= 0.6 is 11.6 Å². The molecule has 0 spiro atoms. The SMILES string of the molecule is CC1CN(Cc2cccc(NC(=O)c3cccc(C#N)c3)c2Cl)CCN1C(=O)c1ccccc1. The van der Waals surface area contributed by atoms with Crippen LogP contribution < -0.4 is 5.32 Å². The second-order valence-corrected chi connectivity index (χ2v) is 8.75. The van der Waals surface area contributed by atoms with Gasteiger partial charge < -0.3 is 10.2 Å². The minimum Gasteiger partial charge on any atom is -0.333 e. The van der Waals surface area contributed by atoms with Gasteiger partial charge >= 0.3 is 0 Å². The van der Waals surface area contributed by atoms with Gasteiger partial charge in [0.25, 0.3) is 11.8 Å². The van der Waals surface area contributed by atoms with E-state index < -0.39 is 0 Å². The molecule has 172 valence electrons. The van der Waals surface area contributed by atoms with E-state index >= 15 is 0 Å². The molecule has 1 N–H and O–H groups in total. The van der Waals surface area contributed by atoms with Crippen molar-refractivity contribution in [3.05, 3.63) is 100 Å². The first-order chi connectivity index (χ1) is 16.5. The van der Waals surface area contributed by atoms with E-state index in [-0.39, 0.29) is 17.9 Å². The average molecular weight is 473 g/mol. The maximum absolute atomic E-state index is 12.9. The smallest absolute Gasteiger partial charge is 0.255 e. The van der Waals surface area contributed by atoms with Crippen LogP contribution in [-0.4, -0.2) is 47.3 Å². The molecular formula is C27H25ClN4O2. The number of nitriles is 1. The zero-order chi connectivity index (χ0) is 24.1. The van der Waals surface area contributed by atoms with Gasteiger partial charge in [-0.15, -0.1) is 0 Å². The Morgan fingerprint density at radius 1 is 1.03 bits per heavy atom. The molecular weight excluding hydrogens is 448 g/mol. The number of carbonyl (C=O) groups excluding carboxylic acids is 2. The van der Waals surface area contributed by atoms with Gasteiger partial charge in [0, 0.05) is 43.3 Å². The second kappa shape index (κ2) is 10.5. The molecule has 0 radical (unpaired) electrons. The molecule has 4 rings (SSSR count). The van der Waals surface area contributed by atoms with Gasteiger partial charge in [-0.25, -0.2) is 0 Å². The van der Waals surface area contributed by atoms with E-state index in [9.17, 15) is 9.59 Å². The van der Waals surface area contributed by atoms with Crippen molar-refractivity contribution in [1.29, 1.82) is 5.26 Å². The van der Waals surface area contributed by atoms with E-state index in [4.69, 9.17) is 16.9 Å². The summed E-state index contributed by atoms with van der Waals surface area (Å²) < 4.78 is 0. The van der Waals surface area contributed by atoms with Crippen LogP contribution in [0.15, 0.2) is 72.8 Å². The summed E-state index contributed by atoms with van der Waals surface area (Å²) in [5, 5.41) is 12.4. The number of halogens is 1. The van der Waals surface area contributed by atoms with Crippen LogP contribution in [0.1, 0.15) is 38.8 Å². The number of benzene rings is 3. The van der Waals surface area contributed by atoms with Crippen molar-refractivity contribution in [3.63, 3.8) is 0 Å². The van der Waals surface area contributed by atoms with Crippen molar-refractivity contribution in [2.75, 3.05) is 25.0 Å². The zero-order valence-electron chi connectivity index (χ0n) is 18.9. The summed E-state index contributed by atoms with van der Waals surface area (Å²) in [5.41, 5.74) is 2.95. The van der Waals surface area contributed by atoms with Gasteiger partial charge in [-0.2, -0.15) is 5.26 Å². The summed E-state index contributed by atoms with van der Waals surface area (Å²) in [6, 6.07) is 23.6. The van der Waals surface area contributed by atoms with Crippen molar-refractivity contribution < 1.29 is 9.59 Å². The van der Waals surface area contributed by atoms with Gasteiger partial charge in [0.1, 0.15) is 0 Å². The molecule has 0 bridgehead atoms. The highest BCUT2D eigenvalue weighted by Crippen LogP contribution is 2.28. The summed E-state index contributed by atoms with van der Waals surface area (Å²) in [5.74, 6) is -0.270. The summed E-state index contributed by atoms with van der Waals surface area (Å²) in [7, 11) is 0. The van der Waals surface area contributed by atoms with Crippen molar-refractivity contribution in [2.24, 2.45) is 0 Å². The Bertz CT molecular complexity index is 1240. The summed E-state index contributed by atoms with van der Waals surface area (Å²) in [6.45, 7) is 4.77. The first-order valence-electron chi connectivity index (χ1n) is 11.1. The van der Waals surface area contributed by atoms with Crippen LogP contribution in [0.3, 0.4) is 0 Å². The summed E-state index contributed by atoms with van der Waals surface area (Å²) in [4.78, 5) is 29.7. The molecule has 1 aliphatic heterocycles. The zero-order valence-corrected chi connectivity index (χ0v) is 19.6. The average Bonchev–Trinajstić information content (AvgIpc) is 2.86. The number of carbonyl (C=O) groups is 2. The van der Waals surface area contributed by atoms with E-state index in [2.05, 4.69) is 17.1 Å². The van der Waals surface area contributed by atoms with Gasteiger partial charge in [0.15, 0.2) is 0 Å². The number of nitrogens with one attached hydrogen (secondary N) is 1. The number of hydrogen-bond acceptors (Lipinski definition) is 4. The van der Waals surface area contributed by atoms with Crippen LogP contribution in [0.5, 0.6) is 0 Å². The molecule has 0 aromatic heterocycles. The van der Waals surface area contributed by atoms with Crippen LogP contribution in [0, 0.1) is 11.3 Å². The number of hydrogen-bond donors (Lipinski definition) is 1. The predicted molar refractivity (Wildman–Crippen MR) is 133 cm³/mol. The third-order valence-corrected chi connectivity index (χ3v) is 6.41. The standard InChI is InChI=1S/C27H25ClN4O2/c1-19-17-31(13-14-32(19)27(34)21-8-3-2-4-9-21)18-23-11-6-12-24(25(23)28)30-26(33)22-10-5-7-20(15-22)16-29/h2-12,15,19H,13-14,17-18H2,1H3,(H,30,33). The molecule has 1 atom stereocenters. The molecule has 3 aromatic carbocycles. The third-order valence-electron chi connectivity index (χ3n) is 5.97. The lowest BCUT2D eigenvalue weighted by Crippen LogP contribution is -2.53.